The van der Waals surface area contributed by atoms with E-state index in [1.165, 1.54) is 12.1 Å². The minimum Gasteiger partial charge on any atom is -0.324 e. The Labute approximate surface area is 95.8 Å². The van der Waals surface area contributed by atoms with Crippen molar-refractivity contribution in [3.8, 4) is 0 Å². The number of nitrogens with two attached hydrogens (primary N) is 1. The highest BCUT2D eigenvalue weighted by molar-refractivity contribution is 9.10. The molecule has 0 unspecified atom stereocenters. The van der Waals surface area contributed by atoms with Gasteiger partial charge in [0, 0.05) is 16.1 Å². The van der Waals surface area contributed by atoms with E-state index in [1.807, 2.05) is 0 Å². The van der Waals surface area contributed by atoms with Crippen LogP contribution in [0.5, 0.6) is 0 Å². The summed E-state index contributed by atoms with van der Waals surface area (Å²) in [6, 6.07) is 1.99. The van der Waals surface area contributed by atoms with Crippen molar-refractivity contribution in [2.45, 2.75) is 25.3 Å². The summed E-state index contributed by atoms with van der Waals surface area (Å²) < 4.78 is 27.4. The van der Waals surface area contributed by atoms with Crippen LogP contribution in [0.2, 0.25) is 0 Å². The fraction of sp³-hybridized carbons (Fsp3) is 0.455. The van der Waals surface area contributed by atoms with Crippen LogP contribution < -0.4 is 5.73 Å². The molecular formula is C11H12BrF2N. The van der Waals surface area contributed by atoms with Crippen molar-refractivity contribution in [1.29, 1.82) is 0 Å². The van der Waals surface area contributed by atoms with Crippen LogP contribution in [-0.4, -0.2) is 0 Å². The average molecular weight is 276 g/mol. The standard InChI is InChI=1S/C11H12BrF2N/c12-7-4-8(13)11(9(14)5-7)10(15)3-6-1-2-6/h4-6,10H,1-3,15H2/t10-/m0/s1. The molecule has 0 heterocycles. The van der Waals surface area contributed by atoms with Crippen molar-refractivity contribution in [1.82, 2.24) is 0 Å². The number of rotatable bonds is 3. The first-order chi connectivity index (χ1) is 7.08. The van der Waals surface area contributed by atoms with Crippen molar-refractivity contribution in [3.63, 3.8) is 0 Å². The third kappa shape index (κ3) is 2.55. The van der Waals surface area contributed by atoms with Crippen LogP contribution in [0.4, 0.5) is 8.78 Å². The minimum absolute atomic E-state index is 0.0186. The molecule has 0 bridgehead atoms. The van der Waals surface area contributed by atoms with Gasteiger partial charge in [0.2, 0.25) is 0 Å². The Hall–Kier alpha value is -0.480. The Balaban J connectivity index is 2.24. The van der Waals surface area contributed by atoms with Crippen LogP contribution in [0, 0.1) is 17.6 Å². The summed E-state index contributed by atoms with van der Waals surface area (Å²) in [5.41, 5.74) is 5.81. The second-order valence-corrected chi connectivity index (χ2v) is 4.98. The van der Waals surface area contributed by atoms with Crippen LogP contribution in [-0.2, 0) is 0 Å². The summed E-state index contributed by atoms with van der Waals surface area (Å²) in [4.78, 5) is 0. The van der Waals surface area contributed by atoms with E-state index >= 15 is 0 Å². The summed E-state index contributed by atoms with van der Waals surface area (Å²) in [6.45, 7) is 0. The fourth-order valence-corrected chi connectivity index (χ4v) is 2.14. The van der Waals surface area contributed by atoms with Gasteiger partial charge in [-0.25, -0.2) is 8.78 Å². The van der Waals surface area contributed by atoms with E-state index in [0.29, 0.717) is 16.8 Å². The van der Waals surface area contributed by atoms with Gasteiger partial charge in [-0.15, -0.1) is 0 Å². The van der Waals surface area contributed by atoms with Gasteiger partial charge in [-0.3, -0.25) is 0 Å². The Morgan fingerprint density at radius 2 is 1.87 bits per heavy atom. The largest absolute Gasteiger partial charge is 0.324 e. The SMILES string of the molecule is N[C@@H](CC1CC1)c1c(F)cc(Br)cc1F. The van der Waals surface area contributed by atoms with E-state index in [9.17, 15) is 8.78 Å². The second-order valence-electron chi connectivity index (χ2n) is 4.07. The Morgan fingerprint density at radius 3 is 2.33 bits per heavy atom. The van der Waals surface area contributed by atoms with Crippen molar-refractivity contribution < 1.29 is 8.78 Å². The van der Waals surface area contributed by atoms with Gasteiger partial charge in [0.1, 0.15) is 11.6 Å². The fourth-order valence-electron chi connectivity index (χ4n) is 1.74. The van der Waals surface area contributed by atoms with E-state index in [1.54, 1.807) is 0 Å². The molecule has 1 aromatic carbocycles. The van der Waals surface area contributed by atoms with Crippen molar-refractivity contribution in [2.75, 3.05) is 0 Å². The average Bonchev–Trinajstić information content (AvgIpc) is 2.85. The van der Waals surface area contributed by atoms with Gasteiger partial charge >= 0.3 is 0 Å². The Bertz CT molecular complexity index is 354. The zero-order chi connectivity index (χ0) is 11.0. The van der Waals surface area contributed by atoms with Gasteiger partial charge in [-0.05, 0) is 24.5 Å². The quantitative estimate of drug-likeness (QED) is 0.898. The van der Waals surface area contributed by atoms with Gasteiger partial charge in [0.25, 0.3) is 0 Å². The van der Waals surface area contributed by atoms with E-state index in [-0.39, 0.29) is 5.56 Å². The smallest absolute Gasteiger partial charge is 0.132 e. The number of hydrogen-bond acceptors (Lipinski definition) is 1. The third-order valence-corrected chi connectivity index (χ3v) is 3.16. The molecule has 1 atom stereocenters. The molecule has 4 heteroatoms. The molecule has 2 N–H and O–H groups in total. The van der Waals surface area contributed by atoms with E-state index in [0.717, 1.165) is 12.8 Å². The lowest BCUT2D eigenvalue weighted by Gasteiger charge is -2.13. The molecule has 0 spiro atoms. The highest BCUT2D eigenvalue weighted by Gasteiger charge is 2.27. The van der Waals surface area contributed by atoms with Gasteiger partial charge in [0.05, 0.1) is 0 Å². The molecule has 1 fully saturated rings. The maximum absolute atomic E-state index is 13.5. The maximum atomic E-state index is 13.5. The van der Waals surface area contributed by atoms with Crippen LogP contribution in [0.15, 0.2) is 16.6 Å². The zero-order valence-corrected chi connectivity index (χ0v) is 9.73. The molecule has 15 heavy (non-hydrogen) atoms. The predicted octanol–water partition coefficient (Wildman–Crippen LogP) is 3.53. The van der Waals surface area contributed by atoms with E-state index < -0.39 is 17.7 Å². The summed E-state index contributed by atoms with van der Waals surface area (Å²) in [5.74, 6) is -0.563. The summed E-state index contributed by atoms with van der Waals surface area (Å²) >= 11 is 3.04. The highest BCUT2D eigenvalue weighted by atomic mass is 79.9. The predicted molar refractivity (Wildman–Crippen MR) is 58.3 cm³/mol. The molecule has 1 nitrogen and oxygen atoms in total. The van der Waals surface area contributed by atoms with Crippen molar-refractivity contribution in [2.24, 2.45) is 11.7 Å². The first kappa shape index (κ1) is 11.0. The molecule has 1 saturated carbocycles. The molecule has 0 radical (unpaired) electrons. The summed E-state index contributed by atoms with van der Waals surface area (Å²) in [5, 5.41) is 0. The monoisotopic (exact) mass is 275 g/mol. The topological polar surface area (TPSA) is 26.0 Å². The molecule has 1 aliphatic carbocycles. The van der Waals surface area contributed by atoms with Gasteiger partial charge in [0.15, 0.2) is 0 Å². The molecule has 2 rings (SSSR count). The lowest BCUT2D eigenvalue weighted by atomic mass is 10.0. The van der Waals surface area contributed by atoms with Crippen LogP contribution in [0.3, 0.4) is 0 Å². The molecule has 1 aromatic rings. The zero-order valence-electron chi connectivity index (χ0n) is 8.14. The van der Waals surface area contributed by atoms with Gasteiger partial charge < -0.3 is 5.73 Å². The number of halogens is 3. The number of benzene rings is 1. The van der Waals surface area contributed by atoms with Gasteiger partial charge in [-0.2, -0.15) is 0 Å². The van der Waals surface area contributed by atoms with Crippen LogP contribution in [0.25, 0.3) is 0 Å². The summed E-state index contributed by atoms with van der Waals surface area (Å²) in [6.07, 6.45) is 2.94. The number of hydrogen-bond donors (Lipinski definition) is 1. The van der Waals surface area contributed by atoms with Gasteiger partial charge in [-0.1, -0.05) is 28.8 Å². The molecule has 0 amide bonds. The normalized spacial score (nSPS) is 17.9. The molecule has 1 aliphatic rings. The minimum atomic E-state index is -0.560. The molecule has 82 valence electrons. The summed E-state index contributed by atoms with van der Waals surface area (Å²) in [7, 11) is 0. The second kappa shape index (κ2) is 4.18. The molecule has 0 aliphatic heterocycles. The van der Waals surface area contributed by atoms with E-state index in [4.69, 9.17) is 5.73 Å². The van der Waals surface area contributed by atoms with Crippen molar-refractivity contribution >= 4 is 15.9 Å². The van der Waals surface area contributed by atoms with Crippen LogP contribution in [0.1, 0.15) is 30.9 Å². The van der Waals surface area contributed by atoms with Crippen molar-refractivity contribution in [3.05, 3.63) is 33.8 Å². The third-order valence-electron chi connectivity index (χ3n) is 2.70. The lowest BCUT2D eigenvalue weighted by molar-refractivity contribution is 0.497. The molecule has 0 aromatic heterocycles. The first-order valence-electron chi connectivity index (χ1n) is 4.98. The molecular weight excluding hydrogens is 264 g/mol. The Kier molecular flexibility index (Phi) is 3.07. The maximum Gasteiger partial charge on any atom is 0.132 e. The van der Waals surface area contributed by atoms with Crippen LogP contribution >= 0.6 is 15.9 Å². The highest BCUT2D eigenvalue weighted by Crippen LogP contribution is 2.38. The first-order valence-corrected chi connectivity index (χ1v) is 5.77. The Morgan fingerprint density at radius 1 is 1.33 bits per heavy atom. The molecule has 0 saturated heterocycles. The lowest BCUT2D eigenvalue weighted by Crippen LogP contribution is -2.15. The van der Waals surface area contributed by atoms with E-state index in [2.05, 4.69) is 15.9 Å².